The summed E-state index contributed by atoms with van der Waals surface area (Å²) in [5, 5.41) is 12.2. The molecule has 0 saturated heterocycles. The highest BCUT2D eigenvalue weighted by molar-refractivity contribution is 6.15. The standard InChI is InChI=1S/C20H26N4O4/c1-19(2,3)27-17(25)23-16(21)24(18(26)28-20(4,5)6)15-11-13-9-7-8-10-14(13)12-22-15/h7-12H,1-6H3,(H2,21,23,25). The number of hydrogen-bond donors (Lipinski definition) is 2. The SMILES string of the molecule is CC(C)(C)OC(=O)NC(=N)N(C(=O)OC(C)(C)C)c1cc2ccccc2cn1. The van der Waals surface area contributed by atoms with Crippen LogP contribution in [0.4, 0.5) is 15.4 Å². The van der Waals surface area contributed by atoms with Crippen LogP contribution in [-0.2, 0) is 9.47 Å². The summed E-state index contributed by atoms with van der Waals surface area (Å²) < 4.78 is 10.5. The van der Waals surface area contributed by atoms with Crippen molar-refractivity contribution in [1.29, 1.82) is 5.41 Å². The summed E-state index contributed by atoms with van der Waals surface area (Å²) in [5.41, 5.74) is -1.54. The summed E-state index contributed by atoms with van der Waals surface area (Å²) >= 11 is 0. The van der Waals surface area contributed by atoms with Gasteiger partial charge in [-0.2, -0.15) is 4.90 Å². The first-order chi connectivity index (χ1) is 12.9. The number of rotatable bonds is 1. The lowest BCUT2D eigenvalue weighted by Gasteiger charge is -2.27. The molecule has 0 radical (unpaired) electrons. The summed E-state index contributed by atoms with van der Waals surface area (Å²) in [7, 11) is 0. The van der Waals surface area contributed by atoms with Gasteiger partial charge in [0.25, 0.3) is 0 Å². The molecule has 8 nitrogen and oxygen atoms in total. The number of guanidine groups is 1. The lowest BCUT2D eigenvalue weighted by Crippen LogP contribution is -2.50. The Morgan fingerprint density at radius 1 is 1.00 bits per heavy atom. The molecule has 8 heteroatoms. The number of anilines is 1. The van der Waals surface area contributed by atoms with Crippen LogP contribution in [0.25, 0.3) is 10.8 Å². The Hall–Kier alpha value is -3.16. The number of amides is 2. The van der Waals surface area contributed by atoms with Crippen molar-refractivity contribution in [2.24, 2.45) is 0 Å². The predicted octanol–water partition coefficient (Wildman–Crippen LogP) is 4.44. The minimum Gasteiger partial charge on any atom is -0.444 e. The molecular formula is C20H26N4O4. The average Bonchev–Trinajstić information content (AvgIpc) is 2.51. The second kappa shape index (κ2) is 7.84. The number of pyridine rings is 1. The maximum Gasteiger partial charge on any atom is 0.423 e. The van der Waals surface area contributed by atoms with E-state index in [1.807, 2.05) is 24.3 Å². The normalized spacial score (nSPS) is 11.6. The number of hydrogen-bond acceptors (Lipinski definition) is 6. The van der Waals surface area contributed by atoms with Gasteiger partial charge in [-0.1, -0.05) is 24.3 Å². The molecule has 0 aliphatic heterocycles. The molecule has 2 amide bonds. The molecule has 0 saturated carbocycles. The van der Waals surface area contributed by atoms with Crippen molar-refractivity contribution in [3.63, 3.8) is 0 Å². The summed E-state index contributed by atoms with van der Waals surface area (Å²) in [6, 6.07) is 9.12. The van der Waals surface area contributed by atoms with E-state index in [1.165, 1.54) is 0 Å². The van der Waals surface area contributed by atoms with Gasteiger partial charge in [0.05, 0.1) is 0 Å². The molecule has 2 rings (SSSR count). The molecule has 1 aromatic carbocycles. The monoisotopic (exact) mass is 386 g/mol. The van der Waals surface area contributed by atoms with E-state index in [4.69, 9.17) is 14.9 Å². The molecule has 2 aromatic rings. The summed E-state index contributed by atoms with van der Waals surface area (Å²) in [6.45, 7) is 10.2. The largest absolute Gasteiger partial charge is 0.444 e. The fraction of sp³-hybridized carbons (Fsp3) is 0.400. The Balaban J connectivity index is 2.36. The van der Waals surface area contributed by atoms with Crippen molar-refractivity contribution in [2.75, 3.05) is 4.90 Å². The second-order valence-corrected chi connectivity index (χ2v) is 8.18. The third kappa shape index (κ3) is 5.94. The Morgan fingerprint density at radius 3 is 2.14 bits per heavy atom. The van der Waals surface area contributed by atoms with Gasteiger partial charge in [0.1, 0.15) is 17.0 Å². The van der Waals surface area contributed by atoms with Gasteiger partial charge >= 0.3 is 12.2 Å². The van der Waals surface area contributed by atoms with E-state index in [-0.39, 0.29) is 5.82 Å². The summed E-state index contributed by atoms with van der Waals surface area (Å²) in [4.78, 5) is 29.9. The Kier molecular flexibility index (Phi) is 5.92. The predicted molar refractivity (Wildman–Crippen MR) is 108 cm³/mol. The van der Waals surface area contributed by atoms with Gasteiger partial charge in [-0.3, -0.25) is 10.7 Å². The number of carbonyl (C=O) groups excluding carboxylic acids is 2. The van der Waals surface area contributed by atoms with Crippen molar-refractivity contribution in [2.45, 2.75) is 52.7 Å². The molecule has 1 heterocycles. The van der Waals surface area contributed by atoms with E-state index in [9.17, 15) is 9.59 Å². The van der Waals surface area contributed by atoms with Crippen LogP contribution in [0.2, 0.25) is 0 Å². The highest BCUT2D eigenvalue weighted by Gasteiger charge is 2.30. The van der Waals surface area contributed by atoms with Crippen molar-refractivity contribution < 1.29 is 19.1 Å². The van der Waals surface area contributed by atoms with Gasteiger partial charge in [0, 0.05) is 11.6 Å². The molecular weight excluding hydrogens is 360 g/mol. The third-order valence-electron chi connectivity index (χ3n) is 3.26. The van der Waals surface area contributed by atoms with Crippen molar-refractivity contribution in [1.82, 2.24) is 10.3 Å². The average molecular weight is 386 g/mol. The number of nitrogens with zero attached hydrogens (tertiary/aromatic N) is 2. The van der Waals surface area contributed by atoms with Crippen LogP contribution in [0, 0.1) is 5.41 Å². The molecule has 0 atom stereocenters. The Labute approximate surface area is 164 Å². The second-order valence-electron chi connectivity index (χ2n) is 8.18. The molecule has 0 unspecified atom stereocenters. The number of fused-ring (bicyclic) bond motifs is 1. The van der Waals surface area contributed by atoms with Crippen LogP contribution in [0.1, 0.15) is 41.5 Å². The topological polar surface area (TPSA) is 105 Å². The van der Waals surface area contributed by atoms with Gasteiger partial charge < -0.3 is 9.47 Å². The van der Waals surface area contributed by atoms with Gasteiger partial charge in [-0.05, 0) is 53.0 Å². The lowest BCUT2D eigenvalue weighted by atomic mass is 10.2. The number of benzene rings is 1. The van der Waals surface area contributed by atoms with Crippen molar-refractivity contribution >= 4 is 34.7 Å². The highest BCUT2D eigenvalue weighted by Crippen LogP contribution is 2.21. The number of nitrogens with one attached hydrogen (secondary N) is 2. The number of alkyl carbamates (subject to hydrolysis) is 1. The maximum absolute atomic E-state index is 12.7. The summed E-state index contributed by atoms with van der Waals surface area (Å²) in [6.07, 6.45) is -0.105. The van der Waals surface area contributed by atoms with Crippen LogP contribution in [0.3, 0.4) is 0 Å². The molecule has 150 valence electrons. The van der Waals surface area contributed by atoms with Gasteiger partial charge in [0.15, 0.2) is 0 Å². The third-order valence-corrected chi connectivity index (χ3v) is 3.26. The van der Waals surface area contributed by atoms with Crippen molar-refractivity contribution in [3.8, 4) is 0 Å². The molecule has 0 fully saturated rings. The zero-order valence-electron chi connectivity index (χ0n) is 17.0. The minimum absolute atomic E-state index is 0.147. The molecule has 0 bridgehead atoms. The van der Waals surface area contributed by atoms with Crippen LogP contribution >= 0.6 is 0 Å². The Bertz CT molecular complexity index is 897. The van der Waals surface area contributed by atoms with Crippen molar-refractivity contribution in [3.05, 3.63) is 36.5 Å². The van der Waals surface area contributed by atoms with Crippen LogP contribution in [0.15, 0.2) is 36.5 Å². The quantitative estimate of drug-likeness (QED) is 0.557. The van der Waals surface area contributed by atoms with Gasteiger partial charge in [0.2, 0.25) is 5.96 Å². The van der Waals surface area contributed by atoms with Gasteiger partial charge in [-0.25, -0.2) is 14.6 Å². The van der Waals surface area contributed by atoms with Crippen LogP contribution in [0.5, 0.6) is 0 Å². The zero-order valence-corrected chi connectivity index (χ0v) is 17.0. The van der Waals surface area contributed by atoms with Crippen LogP contribution in [-0.4, -0.2) is 34.3 Å². The van der Waals surface area contributed by atoms with E-state index in [0.29, 0.717) is 0 Å². The highest BCUT2D eigenvalue weighted by atomic mass is 16.6. The van der Waals surface area contributed by atoms with E-state index < -0.39 is 29.3 Å². The van der Waals surface area contributed by atoms with E-state index >= 15 is 0 Å². The fourth-order valence-electron chi connectivity index (χ4n) is 2.26. The van der Waals surface area contributed by atoms with Crippen LogP contribution < -0.4 is 10.2 Å². The smallest absolute Gasteiger partial charge is 0.423 e. The van der Waals surface area contributed by atoms with E-state index in [1.54, 1.807) is 53.8 Å². The zero-order chi connectivity index (χ0) is 21.1. The van der Waals surface area contributed by atoms with Gasteiger partial charge in [-0.15, -0.1) is 0 Å². The molecule has 28 heavy (non-hydrogen) atoms. The fourth-order valence-corrected chi connectivity index (χ4v) is 2.26. The Morgan fingerprint density at radius 2 is 1.57 bits per heavy atom. The first-order valence-corrected chi connectivity index (χ1v) is 8.82. The first-order valence-electron chi connectivity index (χ1n) is 8.82. The van der Waals surface area contributed by atoms with E-state index in [0.717, 1.165) is 15.7 Å². The van der Waals surface area contributed by atoms with E-state index in [2.05, 4.69) is 10.3 Å². The minimum atomic E-state index is -0.855. The molecule has 2 N–H and O–H groups in total. The molecule has 0 spiro atoms. The maximum atomic E-state index is 12.7. The summed E-state index contributed by atoms with van der Waals surface area (Å²) in [5.74, 6) is -0.375. The molecule has 0 aliphatic carbocycles. The number of aromatic nitrogens is 1. The molecule has 1 aromatic heterocycles. The molecule has 0 aliphatic rings. The first kappa shape index (κ1) is 21.1. The number of carbonyl (C=O) groups is 2. The number of ether oxygens (including phenoxy) is 2. The lowest BCUT2D eigenvalue weighted by molar-refractivity contribution is 0.0559.